The highest BCUT2D eigenvalue weighted by Crippen LogP contribution is 2.34. The number of halogens is 1. The first-order valence-corrected chi connectivity index (χ1v) is 5.29. The van der Waals surface area contributed by atoms with Gasteiger partial charge in [0.25, 0.3) is 0 Å². The van der Waals surface area contributed by atoms with Crippen LogP contribution in [0.1, 0.15) is 37.3 Å². The van der Waals surface area contributed by atoms with Crippen molar-refractivity contribution in [1.29, 1.82) is 0 Å². The third-order valence-electron chi connectivity index (χ3n) is 3.17. The van der Waals surface area contributed by atoms with E-state index >= 15 is 0 Å². The van der Waals surface area contributed by atoms with Crippen LogP contribution in [0.4, 0.5) is 4.39 Å². The number of benzene rings is 1. The Morgan fingerprint density at radius 2 is 1.86 bits per heavy atom. The summed E-state index contributed by atoms with van der Waals surface area (Å²) in [6, 6.07) is 6.74. The van der Waals surface area contributed by atoms with E-state index in [2.05, 4.69) is 0 Å². The summed E-state index contributed by atoms with van der Waals surface area (Å²) in [6.45, 7) is 0. The van der Waals surface area contributed by atoms with E-state index in [4.69, 9.17) is 5.73 Å². The number of nitrogens with two attached hydrogens (primary N) is 1. The van der Waals surface area contributed by atoms with E-state index in [0.29, 0.717) is 11.5 Å². The average Bonchev–Trinajstić information content (AvgIpc) is 2.70. The van der Waals surface area contributed by atoms with E-state index in [1.807, 2.05) is 6.07 Å². The van der Waals surface area contributed by atoms with Crippen LogP contribution in [0.2, 0.25) is 0 Å². The largest absolute Gasteiger partial charge is 0.324 e. The molecule has 76 valence electrons. The molecule has 0 saturated heterocycles. The first-order valence-electron chi connectivity index (χ1n) is 5.29. The molecule has 0 aliphatic heterocycles. The van der Waals surface area contributed by atoms with Crippen molar-refractivity contribution in [2.24, 2.45) is 11.7 Å². The predicted octanol–water partition coefficient (Wildman–Crippen LogP) is 3.02. The zero-order valence-corrected chi connectivity index (χ0v) is 8.25. The van der Waals surface area contributed by atoms with Crippen LogP contribution in [-0.2, 0) is 0 Å². The van der Waals surface area contributed by atoms with Crippen molar-refractivity contribution in [3.8, 4) is 0 Å². The molecule has 0 unspecified atom stereocenters. The van der Waals surface area contributed by atoms with Crippen LogP contribution in [0.15, 0.2) is 24.3 Å². The Balaban J connectivity index is 2.17. The van der Waals surface area contributed by atoms with Crippen LogP contribution in [0.5, 0.6) is 0 Å². The van der Waals surface area contributed by atoms with E-state index in [9.17, 15) is 4.39 Å². The van der Waals surface area contributed by atoms with Gasteiger partial charge in [-0.2, -0.15) is 0 Å². The Morgan fingerprint density at radius 3 is 2.50 bits per heavy atom. The third-order valence-corrected chi connectivity index (χ3v) is 3.17. The summed E-state index contributed by atoms with van der Waals surface area (Å²) in [6.07, 6.45) is 4.78. The molecule has 1 aliphatic rings. The van der Waals surface area contributed by atoms with Crippen LogP contribution in [0.25, 0.3) is 0 Å². The van der Waals surface area contributed by atoms with E-state index in [1.165, 1.54) is 18.9 Å². The van der Waals surface area contributed by atoms with Gasteiger partial charge in [0, 0.05) is 11.6 Å². The topological polar surface area (TPSA) is 26.0 Å². The Kier molecular flexibility index (Phi) is 2.82. The molecule has 1 aromatic rings. The Morgan fingerprint density at radius 1 is 1.21 bits per heavy atom. The zero-order valence-electron chi connectivity index (χ0n) is 8.25. The van der Waals surface area contributed by atoms with Crippen LogP contribution in [-0.4, -0.2) is 0 Å². The summed E-state index contributed by atoms with van der Waals surface area (Å²) in [7, 11) is 0. The van der Waals surface area contributed by atoms with Crippen molar-refractivity contribution in [2.75, 3.05) is 0 Å². The molecule has 0 amide bonds. The van der Waals surface area contributed by atoms with Crippen LogP contribution in [0, 0.1) is 11.7 Å². The minimum absolute atomic E-state index is 0.112. The fourth-order valence-electron chi connectivity index (χ4n) is 2.32. The summed E-state index contributed by atoms with van der Waals surface area (Å²) in [5, 5.41) is 0. The summed E-state index contributed by atoms with van der Waals surface area (Å²) in [5.41, 5.74) is 6.74. The van der Waals surface area contributed by atoms with E-state index in [-0.39, 0.29) is 11.9 Å². The molecule has 14 heavy (non-hydrogen) atoms. The molecule has 1 saturated carbocycles. The molecule has 0 heterocycles. The fraction of sp³-hybridized carbons (Fsp3) is 0.500. The summed E-state index contributed by atoms with van der Waals surface area (Å²) in [5.74, 6) is 0.318. The Labute approximate surface area is 84.1 Å². The monoisotopic (exact) mass is 193 g/mol. The van der Waals surface area contributed by atoms with Gasteiger partial charge in [0.2, 0.25) is 0 Å². The van der Waals surface area contributed by atoms with Crippen molar-refractivity contribution >= 4 is 0 Å². The molecule has 1 aromatic carbocycles. The first-order chi connectivity index (χ1) is 6.79. The quantitative estimate of drug-likeness (QED) is 0.767. The summed E-state index contributed by atoms with van der Waals surface area (Å²) >= 11 is 0. The second-order valence-electron chi connectivity index (χ2n) is 4.09. The minimum Gasteiger partial charge on any atom is -0.324 e. The highest BCUT2D eigenvalue weighted by Gasteiger charge is 2.24. The van der Waals surface area contributed by atoms with Gasteiger partial charge in [0.1, 0.15) is 5.82 Å². The van der Waals surface area contributed by atoms with E-state index < -0.39 is 0 Å². The van der Waals surface area contributed by atoms with Gasteiger partial charge in [-0.25, -0.2) is 4.39 Å². The maximum absolute atomic E-state index is 13.4. The first kappa shape index (κ1) is 9.66. The van der Waals surface area contributed by atoms with Crippen molar-refractivity contribution < 1.29 is 4.39 Å². The van der Waals surface area contributed by atoms with Crippen molar-refractivity contribution in [3.05, 3.63) is 35.6 Å². The van der Waals surface area contributed by atoms with Crippen LogP contribution >= 0.6 is 0 Å². The van der Waals surface area contributed by atoms with E-state index in [1.54, 1.807) is 12.1 Å². The molecule has 2 rings (SSSR count). The van der Waals surface area contributed by atoms with Gasteiger partial charge in [-0.15, -0.1) is 0 Å². The van der Waals surface area contributed by atoms with Gasteiger partial charge >= 0.3 is 0 Å². The second kappa shape index (κ2) is 4.09. The predicted molar refractivity (Wildman–Crippen MR) is 55.3 cm³/mol. The minimum atomic E-state index is -0.160. The van der Waals surface area contributed by atoms with Gasteiger partial charge < -0.3 is 5.73 Å². The normalized spacial score (nSPS) is 19.9. The lowest BCUT2D eigenvalue weighted by atomic mass is 9.92. The van der Waals surface area contributed by atoms with Crippen LogP contribution < -0.4 is 5.73 Å². The number of rotatable bonds is 2. The maximum atomic E-state index is 13.4. The number of hydrogen-bond acceptors (Lipinski definition) is 1. The van der Waals surface area contributed by atoms with Gasteiger partial charge in [-0.3, -0.25) is 0 Å². The highest BCUT2D eigenvalue weighted by atomic mass is 19.1. The molecule has 2 heteroatoms. The highest BCUT2D eigenvalue weighted by molar-refractivity contribution is 5.21. The lowest BCUT2D eigenvalue weighted by Gasteiger charge is -2.19. The Hall–Kier alpha value is -0.890. The molecule has 2 N–H and O–H groups in total. The van der Waals surface area contributed by atoms with Gasteiger partial charge in [0.05, 0.1) is 0 Å². The lowest BCUT2D eigenvalue weighted by Crippen LogP contribution is -2.20. The molecular weight excluding hydrogens is 177 g/mol. The van der Waals surface area contributed by atoms with Gasteiger partial charge in [-0.05, 0) is 24.8 Å². The van der Waals surface area contributed by atoms with E-state index in [0.717, 1.165) is 12.8 Å². The maximum Gasteiger partial charge on any atom is 0.127 e. The molecule has 0 bridgehead atoms. The molecular formula is C12H16FN. The smallest absolute Gasteiger partial charge is 0.127 e. The fourth-order valence-corrected chi connectivity index (χ4v) is 2.32. The Bertz CT molecular complexity index is 305. The zero-order chi connectivity index (χ0) is 9.97. The molecule has 1 aliphatic carbocycles. The molecule has 0 radical (unpaired) electrons. The SMILES string of the molecule is N[C@@H](c1ccccc1F)C1CCCC1. The summed E-state index contributed by atoms with van der Waals surface area (Å²) < 4.78 is 13.4. The van der Waals surface area contributed by atoms with Gasteiger partial charge in [-0.1, -0.05) is 31.0 Å². The average molecular weight is 193 g/mol. The van der Waals surface area contributed by atoms with Gasteiger partial charge in [0.15, 0.2) is 0 Å². The van der Waals surface area contributed by atoms with Crippen molar-refractivity contribution in [2.45, 2.75) is 31.7 Å². The molecule has 1 atom stereocenters. The van der Waals surface area contributed by atoms with Crippen LogP contribution in [0.3, 0.4) is 0 Å². The second-order valence-corrected chi connectivity index (χ2v) is 4.09. The number of hydrogen-bond donors (Lipinski definition) is 1. The lowest BCUT2D eigenvalue weighted by molar-refractivity contribution is 0.429. The van der Waals surface area contributed by atoms with Crippen molar-refractivity contribution in [3.63, 3.8) is 0 Å². The summed E-state index contributed by atoms with van der Waals surface area (Å²) in [4.78, 5) is 0. The molecule has 1 nitrogen and oxygen atoms in total. The molecule has 1 fully saturated rings. The van der Waals surface area contributed by atoms with Crippen molar-refractivity contribution in [1.82, 2.24) is 0 Å². The standard InChI is InChI=1S/C12H16FN/c13-11-8-4-3-7-10(11)12(14)9-5-1-2-6-9/h3-4,7-9,12H,1-2,5-6,14H2/t12-/m1/s1. The molecule has 0 spiro atoms. The third kappa shape index (κ3) is 1.80. The molecule has 0 aromatic heterocycles.